The Labute approximate surface area is 162 Å². The molecule has 0 aliphatic carbocycles. The average Bonchev–Trinajstić information content (AvgIpc) is 2.94. The zero-order chi connectivity index (χ0) is 20.6. The van der Waals surface area contributed by atoms with Crippen molar-refractivity contribution >= 4 is 23.6 Å². The van der Waals surface area contributed by atoms with E-state index in [1.54, 1.807) is 9.80 Å². The van der Waals surface area contributed by atoms with Crippen LogP contribution in [-0.4, -0.2) is 47.1 Å². The van der Waals surface area contributed by atoms with Crippen LogP contribution in [0.5, 0.6) is 0 Å². The lowest BCUT2D eigenvalue weighted by molar-refractivity contribution is -0.142. The molecule has 0 radical (unpaired) electrons. The van der Waals surface area contributed by atoms with Gasteiger partial charge in [-0.1, -0.05) is 11.6 Å². The van der Waals surface area contributed by atoms with Gasteiger partial charge in [0.2, 0.25) is 0 Å². The quantitative estimate of drug-likeness (QED) is 0.557. The van der Waals surface area contributed by atoms with Crippen molar-refractivity contribution in [3.05, 3.63) is 46.2 Å². The van der Waals surface area contributed by atoms with E-state index in [1.807, 2.05) is 0 Å². The second kappa shape index (κ2) is 7.67. The molecular formula is C17H16ClF5N4O. The van der Waals surface area contributed by atoms with E-state index in [1.165, 1.54) is 13.0 Å². The molecule has 28 heavy (non-hydrogen) atoms. The highest BCUT2D eigenvalue weighted by Gasteiger charge is 2.39. The van der Waals surface area contributed by atoms with Crippen molar-refractivity contribution in [3.63, 3.8) is 0 Å². The standard InChI is InChI=1S/C17H16ClF5N4O/c1-10-15(18)16(17(21,22)23)24-27(10)14(9-28)26-6-4-25(5-7-26)11-2-3-12(19)13(20)8-11/h2-3,8-9,14H,4-7H2,1H3. The number of piperazine rings is 1. The Morgan fingerprint density at radius 2 is 1.79 bits per heavy atom. The Kier molecular flexibility index (Phi) is 5.62. The van der Waals surface area contributed by atoms with Gasteiger partial charge in [0.05, 0.1) is 10.7 Å². The SMILES string of the molecule is Cc1c(Cl)c(C(F)(F)F)nn1C(C=O)N1CCN(c2ccc(F)c(F)c2)CC1. The Balaban J connectivity index is 1.77. The molecule has 3 rings (SSSR count). The minimum atomic E-state index is -4.73. The van der Waals surface area contributed by atoms with Gasteiger partial charge < -0.3 is 4.90 Å². The summed E-state index contributed by atoms with van der Waals surface area (Å²) < 4.78 is 66.5. The lowest BCUT2D eigenvalue weighted by atomic mass is 10.2. The maximum Gasteiger partial charge on any atom is 0.436 e. The summed E-state index contributed by atoms with van der Waals surface area (Å²) in [4.78, 5) is 15.1. The third kappa shape index (κ3) is 3.83. The summed E-state index contributed by atoms with van der Waals surface area (Å²) in [5.41, 5.74) is -0.716. The van der Waals surface area contributed by atoms with Gasteiger partial charge in [-0.25, -0.2) is 13.5 Å². The molecule has 2 heterocycles. The number of halogens is 6. The van der Waals surface area contributed by atoms with Crippen LogP contribution in [0, 0.1) is 18.6 Å². The second-order valence-corrected chi connectivity index (χ2v) is 6.74. The molecule has 0 spiro atoms. The Hall–Kier alpha value is -2.20. The van der Waals surface area contributed by atoms with Crippen molar-refractivity contribution in [2.45, 2.75) is 19.3 Å². The smallest absolute Gasteiger partial charge is 0.369 e. The number of aromatic nitrogens is 2. The third-order valence-corrected chi connectivity index (χ3v) is 5.13. The van der Waals surface area contributed by atoms with E-state index >= 15 is 0 Å². The molecule has 2 aromatic rings. The average molecular weight is 423 g/mol. The largest absolute Gasteiger partial charge is 0.436 e. The maximum atomic E-state index is 13.4. The number of carbonyl (C=O) groups excluding carboxylic acids is 1. The van der Waals surface area contributed by atoms with Crippen LogP contribution in [0.25, 0.3) is 0 Å². The first-order chi connectivity index (χ1) is 13.1. The van der Waals surface area contributed by atoms with Crippen molar-refractivity contribution in [1.82, 2.24) is 14.7 Å². The first-order valence-corrected chi connectivity index (χ1v) is 8.72. The molecule has 1 aromatic heterocycles. The number of hydrogen-bond acceptors (Lipinski definition) is 4. The molecule has 1 atom stereocenters. The number of hydrogen-bond donors (Lipinski definition) is 0. The molecule has 1 aliphatic heterocycles. The molecule has 1 aliphatic rings. The van der Waals surface area contributed by atoms with Crippen LogP contribution in [0.15, 0.2) is 18.2 Å². The van der Waals surface area contributed by atoms with Crippen LogP contribution in [0.3, 0.4) is 0 Å². The van der Waals surface area contributed by atoms with Gasteiger partial charge in [0.1, 0.15) is 0 Å². The first-order valence-electron chi connectivity index (χ1n) is 8.34. The summed E-state index contributed by atoms with van der Waals surface area (Å²) >= 11 is 5.76. The zero-order valence-corrected chi connectivity index (χ0v) is 15.4. The van der Waals surface area contributed by atoms with Crippen LogP contribution in [0.4, 0.5) is 27.6 Å². The minimum Gasteiger partial charge on any atom is -0.369 e. The van der Waals surface area contributed by atoms with Crippen LogP contribution < -0.4 is 4.90 Å². The van der Waals surface area contributed by atoms with E-state index in [9.17, 15) is 26.7 Å². The zero-order valence-electron chi connectivity index (χ0n) is 14.7. The molecule has 1 saturated heterocycles. The first kappa shape index (κ1) is 20.5. The maximum absolute atomic E-state index is 13.4. The predicted molar refractivity (Wildman–Crippen MR) is 92.2 cm³/mol. The van der Waals surface area contributed by atoms with Gasteiger partial charge >= 0.3 is 6.18 Å². The van der Waals surface area contributed by atoms with Gasteiger partial charge in [-0.05, 0) is 19.1 Å². The summed E-state index contributed by atoms with van der Waals surface area (Å²) in [7, 11) is 0. The molecule has 1 aromatic carbocycles. The fraction of sp³-hybridized carbons (Fsp3) is 0.412. The summed E-state index contributed by atoms with van der Waals surface area (Å²) in [6.07, 6.45) is -5.28. The molecule has 11 heteroatoms. The van der Waals surface area contributed by atoms with E-state index in [0.717, 1.165) is 16.8 Å². The molecule has 0 saturated carbocycles. The van der Waals surface area contributed by atoms with Crippen molar-refractivity contribution in [1.29, 1.82) is 0 Å². The van der Waals surface area contributed by atoms with E-state index in [2.05, 4.69) is 5.10 Å². The Morgan fingerprint density at radius 1 is 1.14 bits per heavy atom. The highest BCUT2D eigenvalue weighted by molar-refractivity contribution is 6.32. The van der Waals surface area contributed by atoms with Gasteiger partial charge in [-0.2, -0.15) is 18.3 Å². The van der Waals surface area contributed by atoms with E-state index in [0.29, 0.717) is 38.2 Å². The summed E-state index contributed by atoms with van der Waals surface area (Å²) in [5.74, 6) is -1.91. The van der Waals surface area contributed by atoms with Crippen LogP contribution in [0.2, 0.25) is 5.02 Å². The van der Waals surface area contributed by atoms with E-state index < -0.39 is 34.7 Å². The number of aldehydes is 1. The van der Waals surface area contributed by atoms with Crippen molar-refractivity contribution < 1.29 is 26.7 Å². The van der Waals surface area contributed by atoms with Crippen molar-refractivity contribution in [2.75, 3.05) is 31.1 Å². The number of anilines is 1. The molecular weight excluding hydrogens is 407 g/mol. The normalized spacial score (nSPS) is 17.0. The van der Waals surface area contributed by atoms with Crippen LogP contribution >= 0.6 is 11.6 Å². The molecule has 1 unspecified atom stereocenters. The number of nitrogens with zero attached hydrogens (tertiary/aromatic N) is 4. The van der Waals surface area contributed by atoms with Gasteiger partial charge in [-0.15, -0.1) is 0 Å². The van der Waals surface area contributed by atoms with Crippen LogP contribution in [-0.2, 0) is 11.0 Å². The lowest BCUT2D eigenvalue weighted by Crippen LogP contribution is -2.49. The van der Waals surface area contributed by atoms with Gasteiger partial charge in [0.25, 0.3) is 0 Å². The highest BCUT2D eigenvalue weighted by Crippen LogP contribution is 2.36. The van der Waals surface area contributed by atoms with Crippen molar-refractivity contribution in [3.8, 4) is 0 Å². The molecule has 0 amide bonds. The topological polar surface area (TPSA) is 41.4 Å². The number of alkyl halides is 3. The second-order valence-electron chi connectivity index (χ2n) is 6.36. The fourth-order valence-electron chi connectivity index (χ4n) is 3.16. The number of rotatable bonds is 4. The lowest BCUT2D eigenvalue weighted by Gasteiger charge is -2.38. The number of benzene rings is 1. The van der Waals surface area contributed by atoms with E-state index in [4.69, 9.17) is 11.6 Å². The Morgan fingerprint density at radius 3 is 2.29 bits per heavy atom. The molecule has 5 nitrogen and oxygen atoms in total. The van der Waals surface area contributed by atoms with E-state index in [-0.39, 0.29) is 5.69 Å². The summed E-state index contributed by atoms with van der Waals surface area (Å²) in [5, 5.41) is 2.97. The molecule has 1 fully saturated rings. The predicted octanol–water partition coefficient (Wildman–Crippen LogP) is 3.66. The van der Waals surface area contributed by atoms with Crippen molar-refractivity contribution in [2.24, 2.45) is 0 Å². The molecule has 0 bridgehead atoms. The highest BCUT2D eigenvalue weighted by atomic mass is 35.5. The summed E-state index contributed by atoms with van der Waals surface area (Å²) in [6, 6.07) is 3.55. The monoisotopic (exact) mass is 422 g/mol. The third-order valence-electron chi connectivity index (χ3n) is 4.67. The van der Waals surface area contributed by atoms with Gasteiger partial charge in [0.15, 0.2) is 29.8 Å². The van der Waals surface area contributed by atoms with Gasteiger partial charge in [-0.3, -0.25) is 9.69 Å². The Bertz CT molecular complexity index is 877. The fourth-order valence-corrected chi connectivity index (χ4v) is 3.39. The minimum absolute atomic E-state index is 0.0362. The molecule has 152 valence electrons. The number of carbonyl (C=O) groups is 1. The molecule has 0 N–H and O–H groups in total. The summed E-state index contributed by atoms with van der Waals surface area (Å²) in [6.45, 7) is 2.71. The van der Waals surface area contributed by atoms with Crippen LogP contribution in [0.1, 0.15) is 17.6 Å². The van der Waals surface area contributed by atoms with Gasteiger partial charge in [0, 0.05) is 37.9 Å².